The monoisotopic (exact) mass is 446 g/mol. The van der Waals surface area contributed by atoms with E-state index in [0.29, 0.717) is 15.4 Å². The fraction of sp³-hybridized carbons (Fsp3) is 0.143. The molecule has 0 spiro atoms. The quantitative estimate of drug-likeness (QED) is 0.455. The molecule has 0 radical (unpaired) electrons. The van der Waals surface area contributed by atoms with Crippen LogP contribution in [0, 0.1) is 0 Å². The highest BCUT2D eigenvalue weighted by Crippen LogP contribution is 2.47. The molecule has 2 aromatic carbocycles. The molecule has 3 heterocycles. The minimum absolute atomic E-state index is 0.0283. The fourth-order valence-corrected chi connectivity index (χ4v) is 4.13. The standard InChI is InChI=1S/C21H12Cl2O7/c1-27-21-14(15-17(24)10-6-8(22)2-4-12(10)28-19(15)25)16-18(30-21)11-7-9(23)3-5-13(11)29-20(16)26/h2-7,14,21,24H,1H3. The fourth-order valence-electron chi connectivity index (χ4n) is 3.79. The summed E-state index contributed by atoms with van der Waals surface area (Å²) in [5.74, 6) is -1.30. The molecule has 0 aliphatic carbocycles. The Balaban J connectivity index is 1.85. The van der Waals surface area contributed by atoms with E-state index in [2.05, 4.69) is 0 Å². The lowest BCUT2D eigenvalue weighted by molar-refractivity contribution is -0.0472. The van der Waals surface area contributed by atoms with E-state index in [1.807, 2.05) is 0 Å². The third kappa shape index (κ3) is 2.70. The van der Waals surface area contributed by atoms with Gasteiger partial charge in [-0.2, -0.15) is 0 Å². The molecule has 1 N–H and O–H groups in total. The Morgan fingerprint density at radius 3 is 2.10 bits per heavy atom. The molecule has 0 saturated heterocycles. The van der Waals surface area contributed by atoms with Crippen molar-refractivity contribution in [2.75, 3.05) is 7.11 Å². The van der Waals surface area contributed by atoms with Gasteiger partial charge in [-0.3, -0.25) is 0 Å². The third-order valence-electron chi connectivity index (χ3n) is 5.09. The van der Waals surface area contributed by atoms with Crippen LogP contribution in [-0.4, -0.2) is 18.5 Å². The lowest BCUT2D eigenvalue weighted by atomic mass is 9.92. The molecule has 7 nitrogen and oxygen atoms in total. The molecule has 2 aromatic heterocycles. The second-order valence-corrected chi connectivity index (χ2v) is 7.64. The van der Waals surface area contributed by atoms with E-state index in [-0.39, 0.29) is 39.2 Å². The lowest BCUT2D eigenvalue weighted by Gasteiger charge is -2.17. The van der Waals surface area contributed by atoms with Gasteiger partial charge in [-0.05, 0) is 36.4 Å². The minimum atomic E-state index is -1.09. The van der Waals surface area contributed by atoms with Crippen molar-refractivity contribution >= 4 is 45.1 Å². The molecular weight excluding hydrogens is 435 g/mol. The zero-order chi connectivity index (χ0) is 21.2. The van der Waals surface area contributed by atoms with Crippen molar-refractivity contribution in [1.29, 1.82) is 0 Å². The van der Waals surface area contributed by atoms with Crippen LogP contribution in [0.3, 0.4) is 0 Å². The maximum atomic E-state index is 12.8. The molecule has 30 heavy (non-hydrogen) atoms. The molecule has 9 heteroatoms. The van der Waals surface area contributed by atoms with Gasteiger partial charge < -0.3 is 23.4 Å². The molecule has 1 aliphatic rings. The Morgan fingerprint density at radius 2 is 1.47 bits per heavy atom. The van der Waals surface area contributed by atoms with Gasteiger partial charge in [0.25, 0.3) is 0 Å². The SMILES string of the molecule is COC1Oc2c(c(=O)oc3ccc(Cl)cc23)C1c1c(O)c2cc(Cl)ccc2oc1=O. The van der Waals surface area contributed by atoms with Gasteiger partial charge in [0, 0.05) is 17.2 Å². The molecule has 0 amide bonds. The van der Waals surface area contributed by atoms with Crippen molar-refractivity contribution < 1.29 is 23.4 Å². The zero-order valence-corrected chi connectivity index (χ0v) is 16.8. The van der Waals surface area contributed by atoms with E-state index >= 15 is 0 Å². The summed E-state index contributed by atoms with van der Waals surface area (Å²) in [6, 6.07) is 9.16. The molecule has 5 rings (SSSR count). The van der Waals surface area contributed by atoms with Gasteiger partial charge in [0.05, 0.1) is 27.8 Å². The first-order chi connectivity index (χ1) is 14.4. The van der Waals surface area contributed by atoms with Crippen molar-refractivity contribution in [3.05, 3.63) is 78.4 Å². The summed E-state index contributed by atoms with van der Waals surface area (Å²) in [7, 11) is 1.36. The number of fused-ring (bicyclic) bond motifs is 4. The topological polar surface area (TPSA) is 99.1 Å². The number of hydrogen-bond donors (Lipinski definition) is 1. The summed E-state index contributed by atoms with van der Waals surface area (Å²) < 4.78 is 22.0. The smallest absolute Gasteiger partial charge is 0.344 e. The van der Waals surface area contributed by atoms with Crippen molar-refractivity contribution in [2.45, 2.75) is 12.2 Å². The first-order valence-corrected chi connectivity index (χ1v) is 9.55. The predicted molar refractivity (Wildman–Crippen MR) is 110 cm³/mol. The maximum Gasteiger partial charge on any atom is 0.344 e. The van der Waals surface area contributed by atoms with Crippen molar-refractivity contribution in [3.63, 3.8) is 0 Å². The number of rotatable bonds is 2. The number of aromatic hydroxyl groups is 1. The summed E-state index contributed by atoms with van der Waals surface area (Å²) in [5, 5.41) is 12.3. The van der Waals surface area contributed by atoms with Crippen molar-refractivity contribution in [3.8, 4) is 11.5 Å². The Morgan fingerprint density at radius 1 is 0.900 bits per heavy atom. The molecular formula is C21H12Cl2O7. The molecule has 2 atom stereocenters. The van der Waals surface area contributed by atoms with E-state index in [9.17, 15) is 14.7 Å². The van der Waals surface area contributed by atoms with Crippen LogP contribution in [0.25, 0.3) is 21.9 Å². The van der Waals surface area contributed by atoms with Gasteiger partial charge in [0.2, 0.25) is 6.29 Å². The molecule has 0 bridgehead atoms. The summed E-state index contributed by atoms with van der Waals surface area (Å²) in [6.45, 7) is 0. The normalized spacial score (nSPS) is 18.0. The number of ether oxygens (including phenoxy) is 2. The Labute approximate surface area is 178 Å². The van der Waals surface area contributed by atoms with E-state index in [1.54, 1.807) is 18.2 Å². The van der Waals surface area contributed by atoms with E-state index < -0.39 is 23.5 Å². The van der Waals surface area contributed by atoms with Crippen LogP contribution in [0.5, 0.6) is 11.5 Å². The number of hydrogen-bond acceptors (Lipinski definition) is 7. The first kappa shape index (κ1) is 19.0. The van der Waals surface area contributed by atoms with Crippen LogP contribution in [0.4, 0.5) is 0 Å². The van der Waals surface area contributed by atoms with E-state index in [0.717, 1.165) is 0 Å². The highest BCUT2D eigenvalue weighted by molar-refractivity contribution is 6.31. The second kappa shape index (κ2) is 6.77. The second-order valence-electron chi connectivity index (χ2n) is 6.76. The highest BCUT2D eigenvalue weighted by atomic mass is 35.5. The van der Waals surface area contributed by atoms with Gasteiger partial charge in [-0.25, -0.2) is 9.59 Å². The van der Waals surface area contributed by atoms with Crippen LogP contribution in [-0.2, 0) is 4.74 Å². The Kier molecular flexibility index (Phi) is 4.28. The first-order valence-electron chi connectivity index (χ1n) is 8.80. The summed E-state index contributed by atoms with van der Waals surface area (Å²) >= 11 is 12.1. The van der Waals surface area contributed by atoms with Gasteiger partial charge in [0.15, 0.2) is 0 Å². The van der Waals surface area contributed by atoms with Crippen LogP contribution in [0.1, 0.15) is 17.0 Å². The van der Waals surface area contributed by atoms with E-state index in [4.69, 9.17) is 41.5 Å². The van der Waals surface area contributed by atoms with Crippen LogP contribution in [0.2, 0.25) is 10.0 Å². The molecule has 0 saturated carbocycles. The molecule has 4 aromatic rings. The van der Waals surface area contributed by atoms with Gasteiger partial charge in [-0.1, -0.05) is 23.2 Å². The largest absolute Gasteiger partial charge is 0.507 e. The number of methoxy groups -OCH3 is 1. The average Bonchev–Trinajstić information content (AvgIpc) is 3.10. The molecule has 0 fully saturated rings. The third-order valence-corrected chi connectivity index (χ3v) is 5.56. The van der Waals surface area contributed by atoms with Gasteiger partial charge in [0.1, 0.15) is 22.7 Å². The minimum Gasteiger partial charge on any atom is -0.507 e. The molecule has 2 unspecified atom stereocenters. The van der Waals surface area contributed by atoms with E-state index in [1.165, 1.54) is 25.3 Å². The van der Waals surface area contributed by atoms with Gasteiger partial charge >= 0.3 is 11.3 Å². The van der Waals surface area contributed by atoms with Crippen molar-refractivity contribution in [2.24, 2.45) is 0 Å². The molecule has 152 valence electrons. The summed E-state index contributed by atoms with van der Waals surface area (Å²) in [4.78, 5) is 25.6. The van der Waals surface area contributed by atoms with Crippen molar-refractivity contribution in [1.82, 2.24) is 0 Å². The van der Waals surface area contributed by atoms with Crippen LogP contribution in [0.15, 0.2) is 54.8 Å². The average molecular weight is 447 g/mol. The molecule has 1 aliphatic heterocycles. The lowest BCUT2D eigenvalue weighted by Crippen LogP contribution is -2.28. The maximum absolute atomic E-state index is 12.8. The number of halogens is 2. The Bertz CT molecular complexity index is 1450. The zero-order valence-electron chi connectivity index (χ0n) is 15.3. The summed E-state index contributed by atoms with van der Waals surface area (Å²) in [5.41, 5.74) is -1.31. The van der Waals surface area contributed by atoms with Crippen LogP contribution >= 0.6 is 23.2 Å². The predicted octanol–water partition coefficient (Wildman–Crippen LogP) is 4.41. The Hall–Kier alpha value is -3.00. The summed E-state index contributed by atoms with van der Waals surface area (Å²) in [6.07, 6.45) is -1.09. The van der Waals surface area contributed by atoms with Gasteiger partial charge in [-0.15, -0.1) is 0 Å². The highest BCUT2D eigenvalue weighted by Gasteiger charge is 2.44. The van der Waals surface area contributed by atoms with Crippen LogP contribution < -0.4 is 16.0 Å². The number of benzene rings is 2.